The van der Waals surface area contributed by atoms with Gasteiger partial charge in [-0.1, -0.05) is 74.2 Å². The maximum absolute atomic E-state index is 12.5. The van der Waals surface area contributed by atoms with Crippen molar-refractivity contribution in [1.82, 2.24) is 31.2 Å². The van der Waals surface area contributed by atoms with E-state index in [1.54, 1.807) is 48.5 Å². The smallest absolute Gasteiger partial charge is 0.305 e. The Labute approximate surface area is 714 Å². The van der Waals surface area contributed by atoms with Crippen LogP contribution in [0.4, 0.5) is 5.69 Å². The van der Waals surface area contributed by atoms with Crippen LogP contribution in [-0.2, 0) is 52.8 Å². The van der Waals surface area contributed by atoms with Crippen molar-refractivity contribution in [2.75, 3.05) is 140 Å². The number of likely N-dealkylation sites (N-methyl/N-ethyl adjacent to an activating group) is 1. The van der Waals surface area contributed by atoms with Gasteiger partial charge in [-0.3, -0.25) is 24.0 Å². The van der Waals surface area contributed by atoms with Gasteiger partial charge in [0.25, 0.3) is 11.0 Å². The van der Waals surface area contributed by atoms with Crippen LogP contribution in [0.5, 0.6) is 11.5 Å². The number of anilines is 1. The van der Waals surface area contributed by atoms with E-state index >= 15 is 0 Å². The topological polar surface area (TPSA) is 460 Å². The first-order valence-electron chi connectivity index (χ1n) is 41.0. The predicted molar refractivity (Wildman–Crippen MR) is 466 cm³/mol. The number of carbonyl (C=O) groups excluding carboxylic acids is 4. The summed E-state index contributed by atoms with van der Waals surface area (Å²) >= 11 is 4.12. The molecular formula is C80H129N11O21S6+2. The molecule has 664 valence electrons. The number of carboxylic acids is 1. The van der Waals surface area contributed by atoms with Crippen molar-refractivity contribution in [2.24, 2.45) is 5.73 Å². The largest absolute Gasteiger partial charge is 0.508 e. The zero-order chi connectivity index (χ0) is 86.0. The molecule has 14 atom stereocenters. The second kappa shape index (κ2) is 54.9. The Balaban J connectivity index is 0.000000222. The van der Waals surface area contributed by atoms with E-state index < -0.39 is 77.1 Å². The number of likely N-dealkylation sites (tertiary alicyclic amines) is 1. The second-order valence-corrected chi connectivity index (χ2v) is 39.4. The number of unbranched alkanes of at least 4 members (excludes halogenated alkanes) is 3. The first-order chi connectivity index (χ1) is 56.4. The summed E-state index contributed by atoms with van der Waals surface area (Å²) in [4.78, 5) is 78.1. The number of amides is 3. The van der Waals surface area contributed by atoms with Crippen LogP contribution < -0.4 is 41.5 Å². The normalized spacial score (nSPS) is 23.8. The van der Waals surface area contributed by atoms with E-state index in [0.717, 1.165) is 129 Å². The summed E-state index contributed by atoms with van der Waals surface area (Å²) in [5, 5.41) is 91.0. The third-order valence-electron chi connectivity index (χ3n) is 20.3. The van der Waals surface area contributed by atoms with E-state index in [-0.39, 0.29) is 67.5 Å². The van der Waals surface area contributed by atoms with Gasteiger partial charge >= 0.3 is 11.9 Å². The highest BCUT2D eigenvalue weighted by Gasteiger charge is 2.43. The predicted octanol–water partition coefficient (Wildman–Crippen LogP) is 5.63. The molecule has 14 unspecified atom stereocenters. The van der Waals surface area contributed by atoms with Crippen molar-refractivity contribution in [1.29, 1.82) is 0 Å². The monoisotopic (exact) mass is 1770 g/mol. The number of hydrogen-bond donors (Lipinski definition) is 16. The standard InChI is InChI=1S/C17H17N2O6.C16H29N3O4S3.C13H26NO2S2.C12H22N2O2S.C12H16N2O2.C10H19NO5/c20-15-13(25-17(22)16(15)21)8-24-12-7-3-6-11-14(12)18-9-4-1-2-5-10(9)19(11)23;17-11(9-15(21)22)5-7-18-16(23)13(10-24)19-14(20)4-2-1-3-12-6-8-25-26-12;1-14(2,3)9-10-16-13(15)7-5-4-6-12-8-11-17-18-12;1-13-7-2-5-11-17(15,16)12-6-10-14-8-3-4-9-14;1-8(15)13-5-4-9-7-14-12-3-2-10(16)6-11(9)12;12-8-7(16-10(14)9(8)13)5-15-6-2-1-3-11-4-6/h1-7,13,15-17,20-22H,8H2,(H,18,23);11-13,24H,1-10,17H2,(H,18,23)(H,19,20)(H,21,22);12H,4-11H2,1-3H3;2-12H2;2-3,6,9,14,16H,4-5,7H2,1H3,(H,13,15);6-14H,1-5H2/q+1;;+1;;;. The Kier molecular flexibility index (Phi) is 47.1. The number of piperidine rings is 1. The minimum absolute atomic E-state index is 0.00193. The molecule has 7 aliphatic rings. The quantitative estimate of drug-likeness (QED) is 0.00297. The molecule has 0 radical (unpaired) electrons. The summed E-state index contributed by atoms with van der Waals surface area (Å²) in [6.07, 6.45) is 8.62. The minimum atomic E-state index is -2.88. The van der Waals surface area contributed by atoms with Crippen molar-refractivity contribution in [3.8, 4) is 11.5 Å². The highest BCUT2D eigenvalue weighted by molar-refractivity contribution is 8.77. The maximum atomic E-state index is 12.5. The number of fused-ring (bicyclic) bond motifs is 3. The number of carbonyl (C=O) groups is 5. The van der Waals surface area contributed by atoms with Crippen molar-refractivity contribution < 1.29 is 106 Å². The number of H-pyrrole nitrogens is 1. The lowest BCUT2D eigenvalue weighted by atomic mass is 9.98. The number of phenols is 1. The number of quaternary nitrogens is 1. The number of rotatable bonds is 38. The number of ether oxygens (including phenoxy) is 5. The second-order valence-electron chi connectivity index (χ2n) is 31.2. The van der Waals surface area contributed by atoms with E-state index in [2.05, 4.69) is 75.1 Å². The molecule has 3 amide bonds. The highest BCUT2D eigenvalue weighted by Crippen LogP contribution is 2.41. The van der Waals surface area contributed by atoms with Crippen LogP contribution in [0.1, 0.15) is 147 Å². The van der Waals surface area contributed by atoms with Crippen molar-refractivity contribution >= 4 is 123 Å². The number of para-hydroxylation sites is 3. The number of nitrogens with one attached hydrogen (secondary N) is 6. The van der Waals surface area contributed by atoms with Gasteiger partial charge in [-0.05, 0) is 152 Å². The van der Waals surface area contributed by atoms with Gasteiger partial charge in [-0.15, -0.1) is 0 Å². The maximum Gasteiger partial charge on any atom is 0.305 e. The molecule has 0 saturated carbocycles. The molecular weight excluding hydrogens is 1640 g/mol. The molecule has 0 bridgehead atoms. The lowest BCUT2D eigenvalue weighted by molar-refractivity contribution is -0.870. The van der Waals surface area contributed by atoms with E-state index in [9.17, 15) is 73.0 Å². The molecule has 118 heavy (non-hydrogen) atoms. The number of aromatic hydroxyl groups is 1. The number of aliphatic hydroxyl groups is 6. The first-order valence-corrected chi connectivity index (χ1v) is 48.2. The molecule has 3 aromatic carbocycles. The summed E-state index contributed by atoms with van der Waals surface area (Å²) in [6, 6.07) is 16.3. The van der Waals surface area contributed by atoms with Crippen LogP contribution in [-0.4, -0.2) is 306 Å². The molecule has 7 aliphatic heterocycles. The zero-order valence-electron chi connectivity index (χ0n) is 68.5. The van der Waals surface area contributed by atoms with Gasteiger partial charge in [0, 0.05) is 115 Å². The van der Waals surface area contributed by atoms with Gasteiger partial charge in [0.05, 0.1) is 56.2 Å². The Bertz CT molecular complexity index is 3870. The van der Waals surface area contributed by atoms with Crippen LogP contribution >= 0.6 is 55.8 Å². The molecule has 8 heterocycles. The third kappa shape index (κ3) is 38.5. The number of sulfone groups is 1. The van der Waals surface area contributed by atoms with Crippen molar-refractivity contribution in [2.45, 2.75) is 219 Å². The van der Waals surface area contributed by atoms with Gasteiger partial charge in [0.1, 0.15) is 89.3 Å². The van der Waals surface area contributed by atoms with Crippen LogP contribution in [0.15, 0.2) is 60.7 Å². The number of nitrogens with two attached hydrogens (primary N) is 1. The number of benzene rings is 3. The van der Waals surface area contributed by atoms with Crippen molar-refractivity contribution in [3.05, 3.63) is 82.6 Å². The third-order valence-corrected chi connectivity index (χ3v) is 28.5. The van der Waals surface area contributed by atoms with Crippen LogP contribution in [0.25, 0.3) is 26.9 Å². The number of hydrogen-bond acceptors (Lipinski definition) is 29. The van der Waals surface area contributed by atoms with Crippen LogP contribution in [0, 0.1) is 11.5 Å². The highest BCUT2D eigenvalue weighted by atomic mass is 33.1. The Morgan fingerprint density at radius 3 is 2.03 bits per heavy atom. The van der Waals surface area contributed by atoms with Gasteiger partial charge in [-0.2, -0.15) is 12.6 Å². The van der Waals surface area contributed by atoms with E-state index in [1.807, 2.05) is 55.3 Å². The van der Waals surface area contributed by atoms with Gasteiger partial charge in [0.15, 0.2) is 18.1 Å². The summed E-state index contributed by atoms with van der Waals surface area (Å²) in [5.41, 5.74) is 9.95. The Morgan fingerprint density at radius 2 is 1.43 bits per heavy atom. The minimum Gasteiger partial charge on any atom is -0.508 e. The molecule has 16 N–H and O–H groups in total. The zero-order valence-corrected chi connectivity index (χ0v) is 73.4. The molecule has 4 aromatic rings. The summed E-state index contributed by atoms with van der Waals surface area (Å²) in [6.45, 7) is 16.9. The average Bonchev–Trinajstić information content (AvgIpc) is 1.11. The molecule has 32 nitrogen and oxygen atoms in total. The van der Waals surface area contributed by atoms with Crippen LogP contribution in [0.3, 0.4) is 0 Å². The van der Waals surface area contributed by atoms with E-state index in [1.165, 1.54) is 50.5 Å². The number of aromatic nitrogens is 2. The fourth-order valence-electron chi connectivity index (χ4n) is 13.5. The summed E-state index contributed by atoms with van der Waals surface area (Å²) < 4.78 is 51.5. The van der Waals surface area contributed by atoms with E-state index in [4.69, 9.17) is 41.1 Å². The van der Waals surface area contributed by atoms with Crippen LogP contribution in [0.2, 0.25) is 0 Å². The molecule has 11 rings (SSSR count). The lowest BCUT2D eigenvalue weighted by Crippen LogP contribution is -2.48. The molecule has 6 saturated heterocycles. The van der Waals surface area contributed by atoms with Gasteiger partial charge in [0.2, 0.25) is 24.3 Å². The number of aliphatic carboxylic acids is 1. The lowest BCUT2D eigenvalue weighted by Gasteiger charge is -2.25. The molecule has 1 aromatic heterocycles. The Hall–Kier alpha value is -5.52. The van der Waals surface area contributed by atoms with Gasteiger partial charge in [-0.25, -0.2) is 15.0 Å². The molecule has 0 spiro atoms. The number of nitrogens with zero attached hydrogens (tertiary/aromatic N) is 4. The number of thiol groups is 1. The SMILES string of the molecule is CC(=O)NCCC1CNc2ccc(O)cc21.C[N+](C)(C)CCOC(=O)CCCCC1CCSS1.NC(CCNC(=O)C(CS)NC(=O)CCCCC1CCSS1)CC(=O)O.O=[n+]1c2ccccc2[nH]c2c(OCC3OC(O)C(O)C3O)cccc21.OC1OC(COC2CCCNC2)C(O)C1O.[C-]#[N+]CCCCS(=O)(=O)CCCN1CCCC1. The Morgan fingerprint density at radius 1 is 0.780 bits per heavy atom. The van der Waals surface area contributed by atoms with E-state index in [0.29, 0.717) is 102 Å². The number of phenolic OH excluding ortho intramolecular Hbond substituents is 1. The molecule has 38 heteroatoms. The number of esters is 1. The summed E-state index contributed by atoms with van der Waals surface area (Å²) in [5.74, 6) is 2.89. The number of carboxylic acid groups (broad SMARTS) is 1. The molecule has 6 fully saturated rings. The number of aromatic amines is 1. The van der Waals surface area contributed by atoms with Crippen molar-refractivity contribution in [3.63, 3.8) is 0 Å². The fourth-order valence-corrected chi connectivity index (χ4v) is 21.2. The number of aliphatic hydroxyl groups excluding tert-OH is 6. The average molecular weight is 1770 g/mol. The molecule has 0 aliphatic carbocycles. The summed E-state index contributed by atoms with van der Waals surface area (Å²) in [7, 11) is 11.3. The van der Waals surface area contributed by atoms with Gasteiger partial charge < -0.3 is 116 Å². The first kappa shape index (κ1) is 101. The fraction of sp³-hybridized carbons (Fsp3) is 0.700.